The number of hydrogen-bond donors (Lipinski definition) is 2. The first kappa shape index (κ1) is 16.2. The summed E-state index contributed by atoms with van der Waals surface area (Å²) in [5, 5.41) is 3.02. The van der Waals surface area contributed by atoms with Gasteiger partial charge in [0.15, 0.2) is 0 Å². The molecule has 108 valence electrons. The molecule has 0 saturated heterocycles. The van der Waals surface area contributed by atoms with E-state index in [-0.39, 0.29) is 18.0 Å². The van der Waals surface area contributed by atoms with E-state index in [0.717, 1.165) is 23.7 Å². The minimum absolute atomic E-state index is 0.0500. The van der Waals surface area contributed by atoms with Crippen LogP contribution in [0.25, 0.3) is 0 Å². The summed E-state index contributed by atoms with van der Waals surface area (Å²) >= 11 is 3.42. The highest BCUT2D eigenvalue weighted by molar-refractivity contribution is 9.10. The maximum atomic E-state index is 12.3. The molecule has 1 unspecified atom stereocenters. The Morgan fingerprint density at radius 1 is 1.53 bits per heavy atom. The number of carbonyl (C=O) groups excluding carboxylic acids is 1. The Kier molecular flexibility index (Phi) is 6.58. The second kappa shape index (κ2) is 7.70. The van der Waals surface area contributed by atoms with Gasteiger partial charge in [-0.05, 0) is 42.3 Å². The summed E-state index contributed by atoms with van der Waals surface area (Å²) < 4.78 is 2.89. The topological polar surface area (TPSA) is 60.0 Å². The van der Waals surface area contributed by atoms with Crippen LogP contribution in [0.2, 0.25) is 0 Å². The Labute approximate surface area is 123 Å². The average molecular weight is 330 g/mol. The third-order valence-corrected chi connectivity index (χ3v) is 3.56. The molecule has 1 heterocycles. The van der Waals surface area contributed by atoms with Gasteiger partial charge in [0.1, 0.15) is 5.69 Å². The summed E-state index contributed by atoms with van der Waals surface area (Å²) in [4.78, 5) is 12.3. The fraction of sp³-hybridized carbons (Fsp3) is 0.643. The molecular formula is C14H24BrN3O. The zero-order valence-corrected chi connectivity index (χ0v) is 13.5. The van der Waals surface area contributed by atoms with Crippen molar-refractivity contribution >= 4 is 21.8 Å². The third kappa shape index (κ3) is 4.66. The molecule has 0 spiro atoms. The molecule has 0 fully saturated rings. The van der Waals surface area contributed by atoms with Gasteiger partial charge in [0, 0.05) is 29.3 Å². The van der Waals surface area contributed by atoms with E-state index in [9.17, 15) is 4.79 Å². The molecule has 0 aromatic carbocycles. The van der Waals surface area contributed by atoms with Crippen LogP contribution in [0, 0.1) is 0 Å². The van der Waals surface area contributed by atoms with Crippen molar-refractivity contribution in [3.8, 4) is 0 Å². The van der Waals surface area contributed by atoms with Gasteiger partial charge in [-0.25, -0.2) is 0 Å². The fourth-order valence-electron chi connectivity index (χ4n) is 2.01. The van der Waals surface area contributed by atoms with E-state index in [1.54, 1.807) is 0 Å². The fourth-order valence-corrected chi connectivity index (χ4v) is 2.45. The van der Waals surface area contributed by atoms with Crippen LogP contribution in [0.4, 0.5) is 0 Å². The molecule has 3 N–H and O–H groups in total. The lowest BCUT2D eigenvalue weighted by Gasteiger charge is -2.18. The second-order valence-electron chi connectivity index (χ2n) is 5.09. The van der Waals surface area contributed by atoms with E-state index in [4.69, 9.17) is 5.73 Å². The van der Waals surface area contributed by atoms with Crippen LogP contribution in [-0.4, -0.2) is 23.1 Å². The van der Waals surface area contributed by atoms with E-state index >= 15 is 0 Å². The molecule has 0 aliphatic rings. The largest absolute Gasteiger partial charge is 0.347 e. The predicted molar refractivity (Wildman–Crippen MR) is 82.4 cm³/mol. The Morgan fingerprint density at radius 2 is 2.21 bits per heavy atom. The molecule has 1 rings (SSSR count). The molecule has 1 aromatic rings. The van der Waals surface area contributed by atoms with Crippen molar-refractivity contribution in [1.82, 2.24) is 9.88 Å². The third-order valence-electron chi connectivity index (χ3n) is 3.13. The van der Waals surface area contributed by atoms with E-state index in [2.05, 4.69) is 42.0 Å². The number of nitrogens with two attached hydrogens (primary N) is 1. The van der Waals surface area contributed by atoms with Crippen molar-refractivity contribution < 1.29 is 4.79 Å². The Morgan fingerprint density at radius 3 is 2.74 bits per heavy atom. The number of unbranched alkanes of at least 4 members (excludes halogenated alkanes) is 1. The van der Waals surface area contributed by atoms with Gasteiger partial charge < -0.3 is 15.6 Å². The van der Waals surface area contributed by atoms with E-state index in [1.165, 1.54) is 0 Å². The van der Waals surface area contributed by atoms with Crippen LogP contribution in [-0.2, 0) is 0 Å². The molecule has 0 radical (unpaired) electrons. The molecule has 0 bridgehead atoms. The molecule has 4 nitrogen and oxygen atoms in total. The first-order chi connectivity index (χ1) is 8.99. The summed E-state index contributed by atoms with van der Waals surface area (Å²) in [7, 11) is 0. The number of hydrogen-bond acceptors (Lipinski definition) is 2. The average Bonchev–Trinajstić information content (AvgIpc) is 2.76. The molecule has 1 atom stereocenters. The SMILES string of the molecule is CCCCC(CN)NC(=O)c1cc(Br)cn1C(C)C. The van der Waals surface area contributed by atoms with E-state index in [0.29, 0.717) is 12.2 Å². The molecule has 19 heavy (non-hydrogen) atoms. The van der Waals surface area contributed by atoms with Gasteiger partial charge in [-0.15, -0.1) is 0 Å². The normalized spacial score (nSPS) is 12.7. The summed E-state index contributed by atoms with van der Waals surface area (Å²) in [6.07, 6.45) is 5.06. The van der Waals surface area contributed by atoms with Crippen molar-refractivity contribution in [3.63, 3.8) is 0 Å². The van der Waals surface area contributed by atoms with Crippen LogP contribution >= 0.6 is 15.9 Å². The summed E-state index contributed by atoms with van der Waals surface area (Å²) in [6, 6.07) is 2.16. The molecule has 0 saturated carbocycles. The maximum absolute atomic E-state index is 12.3. The predicted octanol–water partition coefficient (Wildman–Crippen LogP) is 3.08. The van der Waals surface area contributed by atoms with Gasteiger partial charge in [-0.2, -0.15) is 0 Å². The number of nitrogens with one attached hydrogen (secondary N) is 1. The summed E-state index contributed by atoms with van der Waals surface area (Å²) in [6.45, 7) is 6.73. The van der Waals surface area contributed by atoms with Gasteiger partial charge in [0.2, 0.25) is 0 Å². The van der Waals surface area contributed by atoms with Gasteiger partial charge in [0.25, 0.3) is 5.91 Å². The minimum atomic E-state index is -0.0500. The Bertz CT molecular complexity index is 415. The Balaban J connectivity index is 2.76. The van der Waals surface area contributed by atoms with Gasteiger partial charge in [-0.1, -0.05) is 19.8 Å². The van der Waals surface area contributed by atoms with Crippen molar-refractivity contribution in [2.75, 3.05) is 6.54 Å². The number of rotatable bonds is 7. The number of carbonyl (C=O) groups is 1. The van der Waals surface area contributed by atoms with Crippen LogP contribution in [0.3, 0.4) is 0 Å². The monoisotopic (exact) mass is 329 g/mol. The van der Waals surface area contributed by atoms with Crippen molar-refractivity contribution in [2.45, 2.75) is 52.1 Å². The van der Waals surface area contributed by atoms with Crippen LogP contribution in [0.5, 0.6) is 0 Å². The second-order valence-corrected chi connectivity index (χ2v) is 6.01. The van der Waals surface area contributed by atoms with Crippen LogP contribution in [0.15, 0.2) is 16.7 Å². The molecule has 1 amide bonds. The van der Waals surface area contributed by atoms with Crippen LogP contribution < -0.4 is 11.1 Å². The highest BCUT2D eigenvalue weighted by Gasteiger charge is 2.17. The van der Waals surface area contributed by atoms with Crippen LogP contribution in [0.1, 0.15) is 56.6 Å². The van der Waals surface area contributed by atoms with Gasteiger partial charge in [-0.3, -0.25) is 4.79 Å². The van der Waals surface area contributed by atoms with E-state index in [1.807, 2.05) is 16.8 Å². The first-order valence-corrected chi connectivity index (χ1v) is 7.67. The number of aromatic nitrogens is 1. The van der Waals surface area contributed by atoms with Gasteiger partial charge >= 0.3 is 0 Å². The van der Waals surface area contributed by atoms with Gasteiger partial charge in [0.05, 0.1) is 0 Å². The molecule has 0 aliphatic carbocycles. The zero-order chi connectivity index (χ0) is 14.4. The lowest BCUT2D eigenvalue weighted by atomic mass is 10.1. The Hall–Kier alpha value is -0.810. The first-order valence-electron chi connectivity index (χ1n) is 6.87. The lowest BCUT2D eigenvalue weighted by molar-refractivity contribution is 0.0925. The number of amides is 1. The molecular weight excluding hydrogens is 306 g/mol. The van der Waals surface area contributed by atoms with Crippen molar-refractivity contribution in [1.29, 1.82) is 0 Å². The quantitative estimate of drug-likeness (QED) is 0.807. The standard InChI is InChI=1S/C14H24BrN3O/c1-4-5-6-12(8-16)17-14(19)13-7-11(15)9-18(13)10(2)3/h7,9-10,12H,4-6,8,16H2,1-3H3,(H,17,19). The lowest BCUT2D eigenvalue weighted by Crippen LogP contribution is -2.40. The number of nitrogens with zero attached hydrogens (tertiary/aromatic N) is 1. The number of halogens is 1. The summed E-state index contributed by atoms with van der Waals surface area (Å²) in [5.74, 6) is -0.0500. The molecule has 0 aliphatic heterocycles. The highest BCUT2D eigenvalue weighted by Crippen LogP contribution is 2.19. The maximum Gasteiger partial charge on any atom is 0.268 e. The molecule has 5 heteroatoms. The van der Waals surface area contributed by atoms with Crippen molar-refractivity contribution in [2.24, 2.45) is 5.73 Å². The highest BCUT2D eigenvalue weighted by atomic mass is 79.9. The zero-order valence-electron chi connectivity index (χ0n) is 11.9. The summed E-state index contributed by atoms with van der Waals surface area (Å²) in [5.41, 5.74) is 6.39. The van der Waals surface area contributed by atoms with E-state index < -0.39 is 0 Å². The smallest absolute Gasteiger partial charge is 0.268 e. The van der Waals surface area contributed by atoms with Crippen molar-refractivity contribution in [3.05, 3.63) is 22.4 Å². The minimum Gasteiger partial charge on any atom is -0.347 e. The molecule has 1 aromatic heterocycles.